The van der Waals surface area contributed by atoms with Crippen LogP contribution in [0.4, 0.5) is 0 Å². The van der Waals surface area contributed by atoms with E-state index >= 15 is 0 Å². The zero-order chi connectivity index (χ0) is 20.1. The fraction of sp³-hybridized carbons (Fsp3) is 0.160. The van der Waals surface area contributed by atoms with Gasteiger partial charge >= 0.3 is 0 Å². The summed E-state index contributed by atoms with van der Waals surface area (Å²) in [6.45, 7) is 0.185. The number of ketones is 1. The van der Waals surface area contributed by atoms with Crippen molar-refractivity contribution in [3.05, 3.63) is 89.5 Å². The van der Waals surface area contributed by atoms with Crippen LogP contribution in [-0.2, 0) is 0 Å². The van der Waals surface area contributed by atoms with Gasteiger partial charge in [0, 0.05) is 17.5 Å². The van der Waals surface area contributed by atoms with Crippen LogP contribution in [0.3, 0.4) is 0 Å². The van der Waals surface area contributed by atoms with Gasteiger partial charge in [-0.2, -0.15) is 0 Å². The van der Waals surface area contributed by atoms with E-state index in [-0.39, 0.29) is 24.9 Å². The highest BCUT2D eigenvalue weighted by Gasteiger charge is 2.19. The zero-order valence-corrected chi connectivity index (χ0v) is 16.1. The van der Waals surface area contributed by atoms with E-state index in [9.17, 15) is 4.79 Å². The Labute approximate surface area is 170 Å². The number of hydrogen-bond acceptors (Lipinski definition) is 4. The molecular formula is C25H20O4. The standard InChI is InChI=1S/C25H20O4/c1-27-22-12-9-19(10-13-22)20(8-7-18-5-3-2-4-6-18)15-23(26)21-11-14-24-25(16-21)29-17-28-24/h2-6,9-14,16,20H,15,17H2,1H3. The number of fused-ring (bicyclic) bond motifs is 1. The van der Waals surface area contributed by atoms with E-state index in [0.29, 0.717) is 17.1 Å². The molecule has 0 aromatic heterocycles. The molecule has 1 heterocycles. The Balaban J connectivity index is 1.60. The van der Waals surface area contributed by atoms with Crippen molar-refractivity contribution in [3.63, 3.8) is 0 Å². The van der Waals surface area contributed by atoms with Crippen molar-refractivity contribution in [2.24, 2.45) is 0 Å². The summed E-state index contributed by atoms with van der Waals surface area (Å²) in [7, 11) is 1.63. The first-order valence-corrected chi connectivity index (χ1v) is 9.36. The van der Waals surface area contributed by atoms with Crippen LogP contribution in [0.2, 0.25) is 0 Å². The summed E-state index contributed by atoms with van der Waals surface area (Å²) >= 11 is 0. The molecule has 1 aliphatic rings. The Hall–Kier alpha value is -3.71. The minimum Gasteiger partial charge on any atom is -0.497 e. The molecule has 0 amide bonds. The van der Waals surface area contributed by atoms with Gasteiger partial charge in [-0.3, -0.25) is 4.79 Å². The van der Waals surface area contributed by atoms with Crippen LogP contribution >= 0.6 is 0 Å². The molecule has 1 aliphatic heterocycles. The molecule has 0 bridgehead atoms. The summed E-state index contributed by atoms with van der Waals surface area (Å²) in [5.74, 6) is 8.27. The molecule has 4 rings (SSSR count). The van der Waals surface area contributed by atoms with Crippen molar-refractivity contribution in [1.29, 1.82) is 0 Å². The Bertz CT molecular complexity index is 1060. The van der Waals surface area contributed by atoms with Gasteiger partial charge in [0.15, 0.2) is 17.3 Å². The lowest BCUT2D eigenvalue weighted by Crippen LogP contribution is -2.07. The lowest BCUT2D eigenvalue weighted by molar-refractivity contribution is 0.0979. The number of ether oxygens (including phenoxy) is 3. The number of methoxy groups -OCH3 is 1. The SMILES string of the molecule is COc1ccc(C(C#Cc2ccccc2)CC(=O)c2ccc3c(c2)OCO3)cc1. The molecule has 0 saturated heterocycles. The van der Waals surface area contributed by atoms with Gasteiger partial charge in [-0.1, -0.05) is 42.2 Å². The van der Waals surface area contributed by atoms with Crippen LogP contribution in [0.15, 0.2) is 72.8 Å². The molecule has 144 valence electrons. The third kappa shape index (κ3) is 4.41. The first-order valence-electron chi connectivity index (χ1n) is 9.36. The molecule has 1 atom stereocenters. The Morgan fingerprint density at radius 3 is 2.52 bits per heavy atom. The van der Waals surface area contributed by atoms with E-state index in [1.54, 1.807) is 25.3 Å². The van der Waals surface area contributed by atoms with Crippen molar-refractivity contribution in [2.75, 3.05) is 13.9 Å². The van der Waals surface area contributed by atoms with Crippen LogP contribution in [0.25, 0.3) is 0 Å². The van der Waals surface area contributed by atoms with Crippen molar-refractivity contribution in [3.8, 4) is 29.1 Å². The quantitative estimate of drug-likeness (QED) is 0.467. The van der Waals surface area contributed by atoms with Crippen molar-refractivity contribution < 1.29 is 19.0 Å². The number of benzene rings is 3. The highest BCUT2D eigenvalue weighted by molar-refractivity contribution is 5.97. The van der Waals surface area contributed by atoms with Gasteiger partial charge in [0.25, 0.3) is 0 Å². The number of hydrogen-bond donors (Lipinski definition) is 0. The average molecular weight is 384 g/mol. The Morgan fingerprint density at radius 2 is 1.76 bits per heavy atom. The molecule has 4 nitrogen and oxygen atoms in total. The highest BCUT2D eigenvalue weighted by atomic mass is 16.7. The molecule has 1 unspecified atom stereocenters. The average Bonchev–Trinajstić information content (AvgIpc) is 3.25. The van der Waals surface area contributed by atoms with Crippen molar-refractivity contribution in [2.45, 2.75) is 12.3 Å². The monoisotopic (exact) mass is 384 g/mol. The summed E-state index contributed by atoms with van der Waals surface area (Å²) < 4.78 is 16.0. The lowest BCUT2D eigenvalue weighted by atomic mass is 9.91. The second-order valence-corrected chi connectivity index (χ2v) is 6.66. The first-order chi connectivity index (χ1) is 14.2. The molecule has 0 radical (unpaired) electrons. The number of Topliss-reactive ketones (excluding diaryl/α,β-unsaturated/α-hetero) is 1. The third-order valence-electron chi connectivity index (χ3n) is 4.77. The van der Waals surface area contributed by atoms with E-state index in [1.807, 2.05) is 54.6 Å². The first kappa shape index (κ1) is 18.6. The summed E-state index contributed by atoms with van der Waals surface area (Å²) in [6.07, 6.45) is 0.270. The number of carbonyl (C=O) groups excluding carboxylic acids is 1. The van der Waals surface area contributed by atoms with Crippen molar-refractivity contribution >= 4 is 5.78 Å². The van der Waals surface area contributed by atoms with Crippen LogP contribution in [0, 0.1) is 11.8 Å². The minimum absolute atomic E-state index is 0.00600. The maximum absolute atomic E-state index is 13.0. The predicted molar refractivity (Wildman–Crippen MR) is 111 cm³/mol. The van der Waals surface area contributed by atoms with E-state index in [0.717, 1.165) is 16.9 Å². The van der Waals surface area contributed by atoms with Gasteiger partial charge in [0.05, 0.1) is 13.0 Å². The van der Waals surface area contributed by atoms with Gasteiger partial charge < -0.3 is 14.2 Å². The highest BCUT2D eigenvalue weighted by Crippen LogP contribution is 2.33. The van der Waals surface area contributed by atoms with Crippen LogP contribution in [0.1, 0.15) is 33.8 Å². The van der Waals surface area contributed by atoms with Crippen LogP contribution in [0.5, 0.6) is 17.2 Å². The lowest BCUT2D eigenvalue weighted by Gasteiger charge is -2.12. The van der Waals surface area contributed by atoms with E-state index in [1.165, 1.54) is 0 Å². The zero-order valence-electron chi connectivity index (χ0n) is 16.1. The second kappa shape index (κ2) is 8.53. The summed E-state index contributed by atoms with van der Waals surface area (Å²) in [5, 5.41) is 0. The molecule has 3 aromatic rings. The molecule has 3 aromatic carbocycles. The van der Waals surface area contributed by atoms with Gasteiger partial charge in [-0.05, 0) is 48.0 Å². The molecule has 0 aliphatic carbocycles. The number of carbonyl (C=O) groups is 1. The summed E-state index contributed by atoms with van der Waals surface area (Å²) in [6, 6.07) is 22.7. The molecule has 0 N–H and O–H groups in total. The van der Waals surface area contributed by atoms with E-state index in [2.05, 4.69) is 11.8 Å². The Kier molecular flexibility index (Phi) is 5.49. The van der Waals surface area contributed by atoms with Crippen LogP contribution in [-0.4, -0.2) is 19.7 Å². The van der Waals surface area contributed by atoms with Gasteiger partial charge in [-0.25, -0.2) is 0 Å². The minimum atomic E-state index is -0.237. The molecular weight excluding hydrogens is 364 g/mol. The molecule has 0 spiro atoms. The molecule has 0 fully saturated rings. The fourth-order valence-electron chi connectivity index (χ4n) is 3.15. The normalized spacial score (nSPS) is 12.6. The summed E-state index contributed by atoms with van der Waals surface area (Å²) in [5.41, 5.74) is 2.49. The summed E-state index contributed by atoms with van der Waals surface area (Å²) in [4.78, 5) is 13.0. The largest absolute Gasteiger partial charge is 0.497 e. The maximum atomic E-state index is 13.0. The van der Waals surface area contributed by atoms with Crippen LogP contribution < -0.4 is 14.2 Å². The smallest absolute Gasteiger partial charge is 0.231 e. The van der Waals surface area contributed by atoms with Crippen molar-refractivity contribution in [1.82, 2.24) is 0 Å². The van der Waals surface area contributed by atoms with Gasteiger partial charge in [0.1, 0.15) is 5.75 Å². The second-order valence-electron chi connectivity index (χ2n) is 6.66. The molecule has 29 heavy (non-hydrogen) atoms. The maximum Gasteiger partial charge on any atom is 0.231 e. The fourth-order valence-corrected chi connectivity index (χ4v) is 3.15. The predicted octanol–water partition coefficient (Wildman–Crippen LogP) is 4.83. The third-order valence-corrected chi connectivity index (χ3v) is 4.77. The van der Waals surface area contributed by atoms with Gasteiger partial charge in [0.2, 0.25) is 6.79 Å². The van der Waals surface area contributed by atoms with E-state index in [4.69, 9.17) is 14.2 Å². The molecule has 4 heteroatoms. The molecule has 0 saturated carbocycles. The van der Waals surface area contributed by atoms with Gasteiger partial charge in [-0.15, -0.1) is 0 Å². The van der Waals surface area contributed by atoms with E-state index < -0.39 is 0 Å². The Morgan fingerprint density at radius 1 is 1.00 bits per heavy atom. The number of rotatable bonds is 5. The topological polar surface area (TPSA) is 44.8 Å².